The molecular weight excluding hydrogens is 442 g/mol. The summed E-state index contributed by atoms with van der Waals surface area (Å²) in [5.41, 5.74) is 2.25. The van der Waals surface area contributed by atoms with Gasteiger partial charge in [0.05, 0.1) is 17.3 Å². The first-order chi connectivity index (χ1) is 15.8. The van der Waals surface area contributed by atoms with Gasteiger partial charge in [0, 0.05) is 34.0 Å². The van der Waals surface area contributed by atoms with Gasteiger partial charge in [-0.3, -0.25) is 19.7 Å². The first-order valence-electron chi connectivity index (χ1n) is 10.0. The van der Waals surface area contributed by atoms with Crippen molar-refractivity contribution in [1.29, 1.82) is 0 Å². The minimum absolute atomic E-state index is 0.0218. The van der Waals surface area contributed by atoms with Crippen LogP contribution < -0.4 is 15.4 Å². The Morgan fingerprint density at radius 3 is 2.39 bits per heavy atom. The quantitative estimate of drug-likeness (QED) is 0.266. The molecule has 0 saturated carbocycles. The summed E-state index contributed by atoms with van der Waals surface area (Å²) in [4.78, 5) is 36.3. The van der Waals surface area contributed by atoms with Crippen LogP contribution in [0.2, 0.25) is 0 Å². The van der Waals surface area contributed by atoms with Crippen molar-refractivity contribution in [1.82, 2.24) is 0 Å². The molecule has 3 rings (SSSR count). The fourth-order valence-electron chi connectivity index (χ4n) is 2.98. The molecule has 0 fully saturated rings. The van der Waals surface area contributed by atoms with Crippen LogP contribution in [0.3, 0.4) is 0 Å². The largest absolute Gasteiger partial charge is 0.497 e. The number of non-ortho nitro benzene ring substituents is 1. The van der Waals surface area contributed by atoms with Crippen LogP contribution >= 0.6 is 11.8 Å². The maximum Gasteiger partial charge on any atom is 0.269 e. The number of amides is 2. The van der Waals surface area contributed by atoms with Gasteiger partial charge in [-0.1, -0.05) is 6.07 Å². The van der Waals surface area contributed by atoms with E-state index in [4.69, 9.17) is 4.74 Å². The van der Waals surface area contributed by atoms with E-state index in [9.17, 15) is 19.7 Å². The van der Waals surface area contributed by atoms with Gasteiger partial charge >= 0.3 is 0 Å². The lowest BCUT2D eigenvalue weighted by Crippen LogP contribution is -2.22. The molecule has 0 aromatic heterocycles. The first kappa shape index (κ1) is 23.8. The summed E-state index contributed by atoms with van der Waals surface area (Å²) in [7, 11) is 1.54. The van der Waals surface area contributed by atoms with Crippen molar-refractivity contribution in [2.75, 3.05) is 17.7 Å². The summed E-state index contributed by atoms with van der Waals surface area (Å²) < 4.78 is 5.14. The van der Waals surface area contributed by atoms with Crippen LogP contribution in [0, 0.1) is 17.0 Å². The van der Waals surface area contributed by atoms with Gasteiger partial charge in [-0.25, -0.2) is 0 Å². The third-order valence-corrected chi connectivity index (χ3v) is 5.92. The summed E-state index contributed by atoms with van der Waals surface area (Å²) in [6.45, 7) is 3.48. The van der Waals surface area contributed by atoms with E-state index in [0.29, 0.717) is 28.3 Å². The average Bonchev–Trinajstić information content (AvgIpc) is 2.81. The summed E-state index contributed by atoms with van der Waals surface area (Å²) >= 11 is 1.36. The lowest BCUT2D eigenvalue weighted by Gasteiger charge is -2.14. The summed E-state index contributed by atoms with van der Waals surface area (Å²) in [6, 6.07) is 18.4. The number of nitrogens with zero attached hydrogens (tertiary/aromatic N) is 1. The summed E-state index contributed by atoms with van der Waals surface area (Å²) in [5, 5.41) is 16.1. The second-order valence-electron chi connectivity index (χ2n) is 7.22. The zero-order chi connectivity index (χ0) is 24.0. The van der Waals surface area contributed by atoms with Crippen LogP contribution in [0.15, 0.2) is 71.6 Å². The van der Waals surface area contributed by atoms with E-state index in [0.717, 1.165) is 4.90 Å². The number of nitrogens with one attached hydrogen (secondary N) is 2. The van der Waals surface area contributed by atoms with E-state index in [-0.39, 0.29) is 17.5 Å². The number of ether oxygens (including phenoxy) is 1. The molecule has 1 atom stereocenters. The van der Waals surface area contributed by atoms with Crippen LogP contribution in [0.25, 0.3) is 0 Å². The van der Waals surface area contributed by atoms with E-state index in [1.807, 2.05) is 12.1 Å². The SMILES string of the molecule is COc1cccc(C(=O)Nc2ccc(SC(C)C(=O)Nc3ccc([N+](=O)[O-])cc3C)cc2)c1. The molecule has 2 amide bonds. The molecule has 0 aliphatic carbocycles. The number of hydrogen-bond acceptors (Lipinski definition) is 6. The van der Waals surface area contributed by atoms with Crippen molar-refractivity contribution in [3.63, 3.8) is 0 Å². The highest BCUT2D eigenvalue weighted by molar-refractivity contribution is 8.00. The van der Waals surface area contributed by atoms with Crippen molar-refractivity contribution < 1.29 is 19.2 Å². The number of thioether (sulfide) groups is 1. The van der Waals surface area contributed by atoms with Crippen molar-refractivity contribution >= 4 is 40.6 Å². The Bertz CT molecular complexity index is 1180. The number of nitro benzene ring substituents is 1. The highest BCUT2D eigenvalue weighted by Crippen LogP contribution is 2.27. The molecule has 33 heavy (non-hydrogen) atoms. The fourth-order valence-corrected chi connectivity index (χ4v) is 3.85. The molecule has 1 unspecified atom stereocenters. The van der Waals surface area contributed by atoms with E-state index in [1.165, 1.54) is 30.0 Å². The van der Waals surface area contributed by atoms with Crippen LogP contribution in [0.1, 0.15) is 22.8 Å². The standard InChI is InChI=1S/C24H23N3O5S/c1-15-13-19(27(30)31)9-12-22(15)26-23(28)16(2)33-21-10-7-18(8-11-21)25-24(29)17-5-4-6-20(14-17)32-3/h4-14,16H,1-3H3,(H,25,29)(H,26,28). The molecule has 170 valence electrons. The van der Waals surface area contributed by atoms with Gasteiger partial charge < -0.3 is 15.4 Å². The Morgan fingerprint density at radius 1 is 1.03 bits per heavy atom. The summed E-state index contributed by atoms with van der Waals surface area (Å²) in [5.74, 6) is 0.137. The van der Waals surface area contributed by atoms with Gasteiger partial charge in [0.15, 0.2) is 0 Å². The highest BCUT2D eigenvalue weighted by atomic mass is 32.2. The van der Waals surface area contributed by atoms with Crippen LogP contribution in [-0.2, 0) is 4.79 Å². The number of rotatable bonds is 8. The van der Waals surface area contributed by atoms with Gasteiger partial charge in [0.25, 0.3) is 11.6 Å². The number of nitro groups is 1. The number of benzene rings is 3. The predicted molar refractivity (Wildman–Crippen MR) is 129 cm³/mol. The molecule has 0 spiro atoms. The molecule has 8 nitrogen and oxygen atoms in total. The van der Waals surface area contributed by atoms with Crippen molar-refractivity contribution in [2.24, 2.45) is 0 Å². The van der Waals surface area contributed by atoms with E-state index in [2.05, 4.69) is 10.6 Å². The van der Waals surface area contributed by atoms with E-state index in [1.54, 1.807) is 57.4 Å². The first-order valence-corrected chi connectivity index (χ1v) is 10.9. The van der Waals surface area contributed by atoms with Crippen molar-refractivity contribution in [3.05, 3.63) is 88.0 Å². The Labute approximate surface area is 195 Å². The Balaban J connectivity index is 1.58. The smallest absolute Gasteiger partial charge is 0.269 e. The number of carbonyl (C=O) groups is 2. The van der Waals surface area contributed by atoms with Gasteiger partial charge in [-0.15, -0.1) is 11.8 Å². The molecule has 3 aromatic carbocycles. The fraction of sp³-hybridized carbons (Fsp3) is 0.167. The van der Waals surface area contributed by atoms with E-state index < -0.39 is 10.2 Å². The molecule has 0 radical (unpaired) electrons. The van der Waals surface area contributed by atoms with Gasteiger partial charge in [0.2, 0.25) is 5.91 Å². The average molecular weight is 466 g/mol. The molecule has 0 bridgehead atoms. The maximum absolute atomic E-state index is 12.6. The molecule has 2 N–H and O–H groups in total. The van der Waals surface area contributed by atoms with Crippen LogP contribution in [0.5, 0.6) is 5.75 Å². The second kappa shape index (κ2) is 10.6. The predicted octanol–water partition coefficient (Wildman–Crippen LogP) is 5.28. The lowest BCUT2D eigenvalue weighted by molar-refractivity contribution is -0.384. The Morgan fingerprint density at radius 2 is 1.76 bits per heavy atom. The molecule has 3 aromatic rings. The van der Waals surface area contributed by atoms with Gasteiger partial charge in [0.1, 0.15) is 5.75 Å². The van der Waals surface area contributed by atoms with Gasteiger partial charge in [-0.2, -0.15) is 0 Å². The Hall–Kier alpha value is -3.85. The number of aryl methyl sites for hydroxylation is 1. The monoisotopic (exact) mass is 465 g/mol. The number of hydrogen-bond donors (Lipinski definition) is 2. The third-order valence-electron chi connectivity index (χ3n) is 4.80. The minimum atomic E-state index is -0.472. The molecule has 0 aliphatic heterocycles. The van der Waals surface area contributed by atoms with Crippen molar-refractivity contribution in [2.45, 2.75) is 24.0 Å². The molecule has 0 heterocycles. The summed E-state index contributed by atoms with van der Waals surface area (Å²) in [6.07, 6.45) is 0. The zero-order valence-electron chi connectivity index (χ0n) is 18.3. The van der Waals surface area contributed by atoms with Crippen LogP contribution in [-0.4, -0.2) is 29.1 Å². The maximum atomic E-state index is 12.6. The highest BCUT2D eigenvalue weighted by Gasteiger charge is 2.17. The number of methoxy groups -OCH3 is 1. The second-order valence-corrected chi connectivity index (χ2v) is 8.63. The van der Waals surface area contributed by atoms with Crippen molar-refractivity contribution in [3.8, 4) is 5.75 Å². The zero-order valence-corrected chi connectivity index (χ0v) is 19.1. The molecular formula is C24H23N3O5S. The molecule has 0 saturated heterocycles. The number of carbonyl (C=O) groups excluding carboxylic acids is 2. The van der Waals surface area contributed by atoms with E-state index >= 15 is 0 Å². The Kier molecular flexibility index (Phi) is 7.68. The third kappa shape index (κ3) is 6.33. The molecule has 9 heteroatoms. The van der Waals surface area contributed by atoms with Crippen LogP contribution in [0.4, 0.5) is 17.1 Å². The molecule has 0 aliphatic rings. The lowest BCUT2D eigenvalue weighted by atomic mass is 10.2. The minimum Gasteiger partial charge on any atom is -0.497 e. The van der Waals surface area contributed by atoms with Gasteiger partial charge in [-0.05, 0) is 67.9 Å². The topological polar surface area (TPSA) is 111 Å². The normalized spacial score (nSPS) is 11.4. The number of anilines is 2.